The first-order chi connectivity index (χ1) is 11.5. The SMILES string of the molecule is COCCCNC(=O)CN(C)C(=O)CCCOc1ccccc1C. The van der Waals surface area contributed by atoms with Crippen LogP contribution in [0.15, 0.2) is 24.3 Å². The molecule has 0 unspecified atom stereocenters. The number of rotatable bonds is 11. The van der Waals surface area contributed by atoms with Crippen molar-refractivity contribution < 1.29 is 19.1 Å². The Kier molecular flexibility index (Phi) is 9.53. The quantitative estimate of drug-likeness (QED) is 0.625. The Morgan fingerprint density at radius 3 is 2.62 bits per heavy atom. The van der Waals surface area contributed by atoms with Gasteiger partial charge in [-0.15, -0.1) is 0 Å². The van der Waals surface area contributed by atoms with E-state index in [1.54, 1.807) is 14.2 Å². The smallest absolute Gasteiger partial charge is 0.239 e. The van der Waals surface area contributed by atoms with Gasteiger partial charge in [0.25, 0.3) is 0 Å². The predicted molar refractivity (Wildman–Crippen MR) is 93.0 cm³/mol. The molecule has 0 atom stereocenters. The Hall–Kier alpha value is -2.08. The highest BCUT2D eigenvalue weighted by atomic mass is 16.5. The molecule has 0 saturated carbocycles. The van der Waals surface area contributed by atoms with E-state index in [1.807, 2.05) is 31.2 Å². The van der Waals surface area contributed by atoms with Crippen molar-refractivity contribution in [3.8, 4) is 5.75 Å². The number of aryl methyl sites for hydroxylation is 1. The van der Waals surface area contributed by atoms with Gasteiger partial charge < -0.3 is 19.7 Å². The Labute approximate surface area is 144 Å². The van der Waals surface area contributed by atoms with Crippen molar-refractivity contribution >= 4 is 11.8 Å². The largest absolute Gasteiger partial charge is 0.493 e. The molecule has 0 aromatic heterocycles. The van der Waals surface area contributed by atoms with E-state index >= 15 is 0 Å². The van der Waals surface area contributed by atoms with E-state index in [0.29, 0.717) is 32.6 Å². The Balaban J connectivity index is 2.17. The lowest BCUT2D eigenvalue weighted by molar-refractivity contribution is -0.134. The number of nitrogens with one attached hydrogen (secondary N) is 1. The summed E-state index contributed by atoms with van der Waals surface area (Å²) < 4.78 is 10.6. The molecular weight excluding hydrogens is 308 g/mol. The first-order valence-electron chi connectivity index (χ1n) is 8.22. The maximum Gasteiger partial charge on any atom is 0.239 e. The number of nitrogens with zero attached hydrogens (tertiary/aromatic N) is 1. The second-order valence-corrected chi connectivity index (χ2v) is 5.66. The van der Waals surface area contributed by atoms with Crippen molar-refractivity contribution in [2.45, 2.75) is 26.2 Å². The predicted octanol–water partition coefficient (Wildman–Crippen LogP) is 1.77. The van der Waals surface area contributed by atoms with Crippen LogP contribution in [0, 0.1) is 6.92 Å². The van der Waals surface area contributed by atoms with E-state index in [9.17, 15) is 9.59 Å². The molecular formula is C18H28N2O4. The molecule has 0 aliphatic carbocycles. The van der Waals surface area contributed by atoms with E-state index < -0.39 is 0 Å². The number of likely N-dealkylation sites (N-methyl/N-ethyl adjacent to an activating group) is 1. The molecule has 0 heterocycles. The summed E-state index contributed by atoms with van der Waals surface area (Å²) >= 11 is 0. The molecule has 0 fully saturated rings. The highest BCUT2D eigenvalue weighted by Crippen LogP contribution is 2.16. The first kappa shape index (κ1) is 20.0. The van der Waals surface area contributed by atoms with Gasteiger partial charge in [0.05, 0.1) is 13.2 Å². The summed E-state index contributed by atoms with van der Waals surface area (Å²) in [6, 6.07) is 7.78. The number of hydrogen-bond acceptors (Lipinski definition) is 4. The molecule has 0 spiro atoms. The molecule has 1 aromatic carbocycles. The highest BCUT2D eigenvalue weighted by Gasteiger charge is 2.12. The summed E-state index contributed by atoms with van der Waals surface area (Å²) in [5, 5.41) is 2.76. The second-order valence-electron chi connectivity index (χ2n) is 5.66. The standard InChI is InChI=1S/C18H28N2O4/c1-15-8-4-5-9-16(15)24-13-6-10-18(22)20(2)14-17(21)19-11-7-12-23-3/h4-5,8-9H,6-7,10-14H2,1-3H3,(H,19,21). The molecule has 0 saturated heterocycles. The van der Waals surface area contributed by atoms with E-state index in [4.69, 9.17) is 9.47 Å². The third kappa shape index (κ3) is 7.97. The van der Waals surface area contributed by atoms with Crippen LogP contribution in [0.3, 0.4) is 0 Å². The summed E-state index contributed by atoms with van der Waals surface area (Å²) in [4.78, 5) is 25.2. The molecule has 0 radical (unpaired) electrons. The van der Waals surface area contributed by atoms with Crippen LogP contribution in [0.5, 0.6) is 5.75 Å². The number of carbonyl (C=O) groups excluding carboxylic acids is 2. The van der Waals surface area contributed by atoms with Crippen molar-refractivity contribution in [1.82, 2.24) is 10.2 Å². The van der Waals surface area contributed by atoms with Crippen molar-refractivity contribution in [2.24, 2.45) is 0 Å². The zero-order valence-electron chi connectivity index (χ0n) is 14.8. The summed E-state index contributed by atoms with van der Waals surface area (Å²) in [5.74, 6) is 0.627. The van der Waals surface area contributed by atoms with Crippen molar-refractivity contribution in [3.05, 3.63) is 29.8 Å². The summed E-state index contributed by atoms with van der Waals surface area (Å²) in [6.07, 6.45) is 1.74. The minimum absolute atomic E-state index is 0.0598. The maximum absolute atomic E-state index is 12.0. The molecule has 2 amide bonds. The zero-order valence-corrected chi connectivity index (χ0v) is 14.8. The lowest BCUT2D eigenvalue weighted by Gasteiger charge is -2.17. The Morgan fingerprint density at radius 1 is 1.17 bits per heavy atom. The topological polar surface area (TPSA) is 67.9 Å². The molecule has 1 aromatic rings. The van der Waals surface area contributed by atoms with Crippen LogP contribution in [0.1, 0.15) is 24.8 Å². The van der Waals surface area contributed by atoms with Crippen LogP contribution in [-0.2, 0) is 14.3 Å². The molecule has 1 N–H and O–H groups in total. The third-order valence-corrected chi connectivity index (χ3v) is 3.54. The van der Waals surface area contributed by atoms with Crippen molar-refractivity contribution in [3.63, 3.8) is 0 Å². The van der Waals surface area contributed by atoms with Gasteiger partial charge in [-0.25, -0.2) is 0 Å². The van der Waals surface area contributed by atoms with Gasteiger partial charge in [0, 0.05) is 33.7 Å². The summed E-state index contributed by atoms with van der Waals surface area (Å²) in [7, 11) is 3.26. The average molecular weight is 336 g/mol. The number of amides is 2. The van der Waals surface area contributed by atoms with Crippen LogP contribution in [0.4, 0.5) is 0 Å². The van der Waals surface area contributed by atoms with Gasteiger partial charge in [-0.3, -0.25) is 9.59 Å². The maximum atomic E-state index is 12.0. The lowest BCUT2D eigenvalue weighted by Crippen LogP contribution is -2.38. The zero-order chi connectivity index (χ0) is 17.8. The van der Waals surface area contributed by atoms with Crippen LogP contribution in [0.25, 0.3) is 0 Å². The van der Waals surface area contributed by atoms with Gasteiger partial charge >= 0.3 is 0 Å². The van der Waals surface area contributed by atoms with Gasteiger partial charge in [0.15, 0.2) is 0 Å². The number of benzene rings is 1. The number of carbonyl (C=O) groups is 2. The number of ether oxygens (including phenoxy) is 2. The Morgan fingerprint density at radius 2 is 1.92 bits per heavy atom. The minimum atomic E-state index is -0.155. The van der Waals surface area contributed by atoms with Gasteiger partial charge in [0.1, 0.15) is 5.75 Å². The van der Waals surface area contributed by atoms with E-state index in [0.717, 1.165) is 17.7 Å². The first-order valence-corrected chi connectivity index (χ1v) is 8.22. The summed E-state index contributed by atoms with van der Waals surface area (Å²) in [5.41, 5.74) is 1.08. The summed E-state index contributed by atoms with van der Waals surface area (Å²) in [6.45, 7) is 3.70. The molecule has 134 valence electrons. The molecule has 0 aliphatic rings. The number of para-hydroxylation sites is 1. The second kappa shape index (κ2) is 11.5. The monoisotopic (exact) mass is 336 g/mol. The Bertz CT molecular complexity index is 519. The van der Waals surface area contributed by atoms with Gasteiger partial charge in [0.2, 0.25) is 11.8 Å². The number of hydrogen-bond donors (Lipinski definition) is 1. The molecule has 0 aliphatic heterocycles. The highest BCUT2D eigenvalue weighted by molar-refractivity contribution is 5.84. The lowest BCUT2D eigenvalue weighted by atomic mass is 10.2. The third-order valence-electron chi connectivity index (χ3n) is 3.54. The number of methoxy groups -OCH3 is 1. The fourth-order valence-corrected chi connectivity index (χ4v) is 2.12. The fraction of sp³-hybridized carbons (Fsp3) is 0.556. The minimum Gasteiger partial charge on any atom is -0.493 e. The van der Waals surface area contributed by atoms with Crippen molar-refractivity contribution in [2.75, 3.05) is 40.5 Å². The van der Waals surface area contributed by atoms with Crippen LogP contribution < -0.4 is 10.1 Å². The molecule has 6 nitrogen and oxygen atoms in total. The molecule has 24 heavy (non-hydrogen) atoms. The van der Waals surface area contributed by atoms with Gasteiger partial charge in [-0.2, -0.15) is 0 Å². The van der Waals surface area contributed by atoms with Crippen molar-refractivity contribution in [1.29, 1.82) is 0 Å². The van der Waals surface area contributed by atoms with E-state index in [-0.39, 0.29) is 18.4 Å². The molecule has 0 bridgehead atoms. The molecule has 1 rings (SSSR count). The average Bonchev–Trinajstić information content (AvgIpc) is 2.56. The van der Waals surface area contributed by atoms with Crippen LogP contribution >= 0.6 is 0 Å². The van der Waals surface area contributed by atoms with Crippen LogP contribution in [-0.4, -0.2) is 57.2 Å². The van der Waals surface area contributed by atoms with Crippen LogP contribution in [0.2, 0.25) is 0 Å². The van der Waals surface area contributed by atoms with E-state index in [1.165, 1.54) is 4.90 Å². The van der Waals surface area contributed by atoms with Gasteiger partial charge in [-0.1, -0.05) is 18.2 Å². The molecule has 6 heteroatoms. The normalized spacial score (nSPS) is 10.3. The van der Waals surface area contributed by atoms with E-state index in [2.05, 4.69) is 5.32 Å². The fourth-order valence-electron chi connectivity index (χ4n) is 2.12. The van der Waals surface area contributed by atoms with Gasteiger partial charge in [-0.05, 0) is 31.4 Å².